The first kappa shape index (κ1) is 17.3. The molecule has 124 valence electrons. The van der Waals surface area contributed by atoms with Crippen molar-refractivity contribution in [3.05, 3.63) is 70.3 Å². The first-order chi connectivity index (χ1) is 11.3. The van der Waals surface area contributed by atoms with E-state index in [1.54, 1.807) is 0 Å². The highest BCUT2D eigenvalue weighted by molar-refractivity contribution is 7.86. The fraction of sp³-hybridized carbons (Fsp3) is 0. The quantitative estimate of drug-likeness (QED) is 0.386. The van der Waals surface area contributed by atoms with Gasteiger partial charge in [-0.25, -0.2) is 0 Å². The minimum atomic E-state index is -4.78. The van der Waals surface area contributed by atoms with Crippen molar-refractivity contribution < 1.29 is 22.0 Å². The minimum Gasteiger partial charge on any atom is -0.323 e. The zero-order valence-corrected chi connectivity index (χ0v) is 12.9. The molecule has 7 nitrogen and oxygen atoms in total. The van der Waals surface area contributed by atoms with Crippen molar-refractivity contribution in [2.45, 2.75) is 4.90 Å². The first-order valence-corrected chi connectivity index (χ1v) is 7.92. The Morgan fingerprint density at radius 3 is 2.17 bits per heavy atom. The highest BCUT2D eigenvalue weighted by Crippen LogP contribution is 2.16. The van der Waals surface area contributed by atoms with Crippen LogP contribution in [0.1, 0.15) is 5.56 Å². The summed E-state index contributed by atoms with van der Waals surface area (Å²) < 4.78 is 34.1. The van der Waals surface area contributed by atoms with E-state index in [1.807, 2.05) is 0 Å². The van der Waals surface area contributed by atoms with Gasteiger partial charge in [0.05, 0.1) is 9.82 Å². The van der Waals surface area contributed by atoms with Gasteiger partial charge in [0.25, 0.3) is 5.69 Å². The number of rotatable bonds is 5. The van der Waals surface area contributed by atoms with Crippen molar-refractivity contribution in [3.63, 3.8) is 0 Å². The zero-order valence-electron chi connectivity index (χ0n) is 12.0. The number of benzene rings is 2. The molecular formula is C15H11FN2O5S. The molecule has 0 radical (unpaired) electrons. The van der Waals surface area contributed by atoms with Crippen molar-refractivity contribution in [2.24, 2.45) is 0 Å². The number of hydrogen-bond acceptors (Lipinski definition) is 5. The molecule has 24 heavy (non-hydrogen) atoms. The minimum absolute atomic E-state index is 0.0560. The molecule has 9 heteroatoms. The van der Waals surface area contributed by atoms with Crippen LogP contribution in [0.25, 0.3) is 6.08 Å². The Balaban J connectivity index is 2.01. The largest absolute Gasteiger partial charge is 0.332 e. The molecule has 2 rings (SSSR count). The average molecular weight is 350 g/mol. The zero-order chi connectivity index (χ0) is 17.7. The van der Waals surface area contributed by atoms with E-state index in [2.05, 4.69) is 5.32 Å². The Morgan fingerprint density at radius 1 is 1.08 bits per heavy atom. The summed E-state index contributed by atoms with van der Waals surface area (Å²) >= 11 is 0. The predicted molar refractivity (Wildman–Crippen MR) is 85.5 cm³/mol. The summed E-state index contributed by atoms with van der Waals surface area (Å²) in [4.78, 5) is 21.2. The molecular weight excluding hydrogens is 339 g/mol. The predicted octanol–water partition coefficient (Wildman–Crippen LogP) is 2.90. The number of carbonyl (C=O) groups is 1. The summed E-state index contributed by atoms with van der Waals surface area (Å²) in [5, 5.41) is 13.0. The van der Waals surface area contributed by atoms with Crippen LogP contribution in [-0.2, 0) is 15.0 Å². The van der Waals surface area contributed by atoms with E-state index < -0.39 is 25.9 Å². The van der Waals surface area contributed by atoms with E-state index in [0.29, 0.717) is 11.3 Å². The van der Waals surface area contributed by atoms with Crippen LogP contribution in [0.15, 0.2) is 59.5 Å². The Kier molecular flexibility index (Phi) is 5.05. The molecule has 0 fully saturated rings. The number of anilines is 1. The average Bonchev–Trinajstić information content (AvgIpc) is 2.53. The van der Waals surface area contributed by atoms with E-state index in [1.165, 1.54) is 48.6 Å². The van der Waals surface area contributed by atoms with Gasteiger partial charge in [-0.05, 0) is 48.0 Å². The van der Waals surface area contributed by atoms with Crippen LogP contribution in [0, 0.1) is 10.1 Å². The van der Waals surface area contributed by atoms with Gasteiger partial charge in [-0.1, -0.05) is 0 Å². The molecule has 1 N–H and O–H groups in total. The summed E-state index contributed by atoms with van der Waals surface area (Å²) in [6.07, 6.45) is 2.67. The molecule has 0 spiro atoms. The number of halogens is 1. The monoisotopic (exact) mass is 350 g/mol. The molecule has 0 aliphatic heterocycles. The summed E-state index contributed by atoms with van der Waals surface area (Å²) in [7, 11) is -4.78. The number of nitro groups is 1. The number of amides is 1. The van der Waals surface area contributed by atoms with Gasteiger partial charge in [-0.3, -0.25) is 14.9 Å². The maximum Gasteiger partial charge on any atom is 0.332 e. The smallest absolute Gasteiger partial charge is 0.323 e. The number of hydrogen-bond donors (Lipinski definition) is 1. The molecule has 0 bridgehead atoms. The van der Waals surface area contributed by atoms with Crippen molar-refractivity contribution in [1.82, 2.24) is 0 Å². The highest BCUT2D eigenvalue weighted by atomic mass is 32.3. The second-order valence-electron chi connectivity index (χ2n) is 4.63. The number of nitrogens with one attached hydrogen (secondary N) is 1. The molecule has 0 aromatic heterocycles. The lowest BCUT2D eigenvalue weighted by molar-refractivity contribution is -0.384. The van der Waals surface area contributed by atoms with E-state index in [9.17, 15) is 27.2 Å². The fourth-order valence-corrected chi connectivity index (χ4v) is 2.22. The fourth-order valence-electron chi connectivity index (χ4n) is 1.76. The Morgan fingerprint density at radius 2 is 1.67 bits per heavy atom. The molecule has 0 aliphatic rings. The van der Waals surface area contributed by atoms with Crippen LogP contribution < -0.4 is 5.32 Å². The maximum atomic E-state index is 12.7. The lowest BCUT2D eigenvalue weighted by Crippen LogP contribution is -2.07. The first-order valence-electron chi connectivity index (χ1n) is 6.54. The topological polar surface area (TPSA) is 106 Å². The van der Waals surface area contributed by atoms with Gasteiger partial charge in [0.2, 0.25) is 5.91 Å². The third-order valence-electron chi connectivity index (χ3n) is 2.93. The van der Waals surface area contributed by atoms with Crippen LogP contribution in [0.5, 0.6) is 0 Å². The maximum absolute atomic E-state index is 12.7. The van der Waals surface area contributed by atoms with Crippen molar-refractivity contribution in [1.29, 1.82) is 0 Å². The van der Waals surface area contributed by atoms with Crippen LogP contribution in [0.2, 0.25) is 0 Å². The number of non-ortho nitro benzene ring substituents is 1. The standard InChI is InChI=1S/C15H11FN2O5S/c16-24(22,23)14-8-4-12(5-9-14)17-15(19)10-3-11-1-6-13(7-2-11)18(20)21/h1-10H,(H,17,19)/b10-3+. The Bertz CT molecular complexity index is 890. The third kappa shape index (κ3) is 4.71. The SMILES string of the molecule is O=C(/C=C/c1ccc([N+](=O)[O-])cc1)Nc1ccc(S(=O)(=O)F)cc1. The van der Waals surface area contributed by atoms with Crippen LogP contribution in [-0.4, -0.2) is 19.2 Å². The van der Waals surface area contributed by atoms with E-state index in [0.717, 1.165) is 12.1 Å². The number of nitro benzene ring substituents is 1. The Hall–Kier alpha value is -3.07. The van der Waals surface area contributed by atoms with Crippen molar-refractivity contribution in [2.75, 3.05) is 5.32 Å². The molecule has 2 aromatic rings. The molecule has 0 saturated carbocycles. The van der Waals surface area contributed by atoms with Gasteiger partial charge in [0.15, 0.2) is 0 Å². The number of carbonyl (C=O) groups excluding carboxylic acids is 1. The van der Waals surface area contributed by atoms with Crippen LogP contribution in [0.3, 0.4) is 0 Å². The van der Waals surface area contributed by atoms with Gasteiger partial charge < -0.3 is 5.32 Å². The summed E-state index contributed by atoms with van der Waals surface area (Å²) in [5.74, 6) is -0.496. The third-order valence-corrected chi connectivity index (χ3v) is 3.77. The molecule has 0 aliphatic carbocycles. The van der Waals surface area contributed by atoms with Gasteiger partial charge in [0, 0.05) is 23.9 Å². The molecule has 2 aromatic carbocycles. The van der Waals surface area contributed by atoms with E-state index in [4.69, 9.17) is 0 Å². The normalized spacial score (nSPS) is 11.4. The molecule has 0 atom stereocenters. The van der Waals surface area contributed by atoms with Gasteiger partial charge in [-0.15, -0.1) is 3.89 Å². The summed E-state index contributed by atoms with van der Waals surface area (Å²) in [5.41, 5.74) is 0.829. The van der Waals surface area contributed by atoms with Crippen molar-refractivity contribution in [3.8, 4) is 0 Å². The van der Waals surface area contributed by atoms with Crippen molar-refractivity contribution >= 4 is 33.6 Å². The molecule has 0 heterocycles. The molecule has 0 unspecified atom stereocenters. The summed E-state index contributed by atoms with van der Waals surface area (Å²) in [6, 6.07) is 10.2. The number of nitrogens with zero attached hydrogens (tertiary/aromatic N) is 1. The van der Waals surface area contributed by atoms with Gasteiger partial charge >= 0.3 is 10.2 Å². The van der Waals surface area contributed by atoms with Gasteiger partial charge in [0.1, 0.15) is 0 Å². The van der Waals surface area contributed by atoms with Crippen LogP contribution in [0.4, 0.5) is 15.3 Å². The van der Waals surface area contributed by atoms with Crippen LogP contribution >= 0.6 is 0 Å². The van der Waals surface area contributed by atoms with E-state index in [-0.39, 0.29) is 5.69 Å². The molecule has 1 amide bonds. The lowest BCUT2D eigenvalue weighted by Gasteiger charge is -2.02. The Labute approximate surface area is 136 Å². The molecule has 0 saturated heterocycles. The second-order valence-corrected chi connectivity index (χ2v) is 5.98. The highest BCUT2D eigenvalue weighted by Gasteiger charge is 2.11. The lowest BCUT2D eigenvalue weighted by atomic mass is 10.2. The second kappa shape index (κ2) is 7.01. The van der Waals surface area contributed by atoms with Gasteiger partial charge in [-0.2, -0.15) is 8.42 Å². The summed E-state index contributed by atoms with van der Waals surface area (Å²) in [6.45, 7) is 0. The van der Waals surface area contributed by atoms with E-state index >= 15 is 0 Å².